The highest BCUT2D eigenvalue weighted by atomic mass is 79.9. The molecule has 3 rings (SSSR count). The molecular weight excluding hydrogens is 292 g/mol. The topological polar surface area (TPSA) is 48.1 Å². The highest BCUT2D eigenvalue weighted by Gasteiger charge is 2.39. The van der Waals surface area contributed by atoms with E-state index in [0.717, 1.165) is 23.1 Å². The maximum Gasteiger partial charge on any atom is 0.219 e. The van der Waals surface area contributed by atoms with Crippen molar-refractivity contribution in [2.75, 3.05) is 0 Å². The van der Waals surface area contributed by atoms with E-state index in [1.807, 2.05) is 36.4 Å². The van der Waals surface area contributed by atoms with Crippen LogP contribution >= 0.6 is 15.9 Å². The molecule has 0 spiro atoms. The molecular formula is C14H13BrN2O. The minimum Gasteiger partial charge on any atom is -0.439 e. The number of halogens is 1. The molecule has 2 N–H and O–H groups in total. The van der Waals surface area contributed by atoms with E-state index in [0.29, 0.717) is 5.88 Å². The van der Waals surface area contributed by atoms with E-state index in [-0.39, 0.29) is 5.54 Å². The van der Waals surface area contributed by atoms with Crippen molar-refractivity contribution in [1.29, 1.82) is 0 Å². The van der Waals surface area contributed by atoms with Crippen LogP contribution < -0.4 is 10.5 Å². The van der Waals surface area contributed by atoms with Gasteiger partial charge in [-0.2, -0.15) is 0 Å². The van der Waals surface area contributed by atoms with E-state index in [4.69, 9.17) is 10.5 Å². The minimum absolute atomic E-state index is 0.0889. The summed E-state index contributed by atoms with van der Waals surface area (Å²) in [7, 11) is 0. The van der Waals surface area contributed by atoms with Gasteiger partial charge in [0.1, 0.15) is 5.75 Å². The number of hydrogen-bond donors (Lipinski definition) is 1. The van der Waals surface area contributed by atoms with Gasteiger partial charge in [-0.3, -0.25) is 0 Å². The fraction of sp³-hybridized carbons (Fsp3) is 0.214. The third kappa shape index (κ3) is 2.40. The number of hydrogen-bond acceptors (Lipinski definition) is 3. The van der Waals surface area contributed by atoms with Crippen LogP contribution in [0.25, 0.3) is 0 Å². The maximum absolute atomic E-state index is 6.13. The standard InChI is InChI=1S/C14H13BrN2O/c15-11-3-6-13(17-9-11)18-12-4-1-10(2-5-12)14(16)7-8-14/h1-6,9H,7-8,16H2. The molecule has 1 aliphatic rings. The first-order chi connectivity index (χ1) is 8.66. The van der Waals surface area contributed by atoms with Gasteiger partial charge in [-0.1, -0.05) is 12.1 Å². The molecule has 1 heterocycles. The van der Waals surface area contributed by atoms with E-state index in [1.165, 1.54) is 5.56 Å². The Balaban J connectivity index is 1.75. The number of rotatable bonds is 3. The van der Waals surface area contributed by atoms with Gasteiger partial charge >= 0.3 is 0 Å². The Morgan fingerprint density at radius 1 is 1.11 bits per heavy atom. The Morgan fingerprint density at radius 3 is 2.39 bits per heavy atom. The number of nitrogens with zero attached hydrogens (tertiary/aromatic N) is 1. The van der Waals surface area contributed by atoms with Crippen LogP contribution in [0.1, 0.15) is 18.4 Å². The molecule has 0 saturated heterocycles. The molecule has 0 bridgehead atoms. The second-order valence-electron chi connectivity index (χ2n) is 4.60. The van der Waals surface area contributed by atoms with Crippen molar-refractivity contribution in [2.45, 2.75) is 18.4 Å². The van der Waals surface area contributed by atoms with E-state index in [2.05, 4.69) is 20.9 Å². The quantitative estimate of drug-likeness (QED) is 0.943. The zero-order valence-corrected chi connectivity index (χ0v) is 11.4. The Bertz CT molecular complexity index is 547. The van der Waals surface area contributed by atoms with Crippen LogP contribution in [0.4, 0.5) is 0 Å². The SMILES string of the molecule is NC1(c2ccc(Oc3ccc(Br)cn3)cc2)CC1. The minimum atomic E-state index is -0.0889. The number of pyridine rings is 1. The van der Waals surface area contributed by atoms with Gasteiger partial charge in [-0.15, -0.1) is 0 Å². The largest absolute Gasteiger partial charge is 0.439 e. The van der Waals surface area contributed by atoms with Crippen LogP contribution in [0.5, 0.6) is 11.6 Å². The fourth-order valence-electron chi connectivity index (χ4n) is 1.82. The molecule has 1 aromatic heterocycles. The van der Waals surface area contributed by atoms with Crippen molar-refractivity contribution < 1.29 is 4.74 Å². The lowest BCUT2D eigenvalue weighted by Gasteiger charge is -2.10. The summed E-state index contributed by atoms with van der Waals surface area (Å²) in [6.45, 7) is 0. The molecule has 92 valence electrons. The monoisotopic (exact) mass is 304 g/mol. The lowest BCUT2D eigenvalue weighted by atomic mass is 10.1. The highest BCUT2D eigenvalue weighted by Crippen LogP contribution is 2.42. The van der Waals surface area contributed by atoms with Gasteiger partial charge in [0.15, 0.2) is 0 Å². The van der Waals surface area contributed by atoms with Gasteiger partial charge in [0.2, 0.25) is 5.88 Å². The van der Waals surface area contributed by atoms with Crippen molar-refractivity contribution in [3.63, 3.8) is 0 Å². The van der Waals surface area contributed by atoms with E-state index in [1.54, 1.807) is 6.20 Å². The molecule has 1 aliphatic carbocycles. The molecule has 2 aromatic rings. The highest BCUT2D eigenvalue weighted by molar-refractivity contribution is 9.10. The number of aromatic nitrogens is 1. The molecule has 1 saturated carbocycles. The van der Waals surface area contributed by atoms with Crippen molar-refractivity contribution in [1.82, 2.24) is 4.98 Å². The lowest BCUT2D eigenvalue weighted by molar-refractivity contribution is 0.462. The van der Waals surface area contributed by atoms with E-state index < -0.39 is 0 Å². The van der Waals surface area contributed by atoms with Crippen LogP contribution in [-0.2, 0) is 5.54 Å². The average molecular weight is 305 g/mol. The number of ether oxygens (including phenoxy) is 1. The Kier molecular flexibility index (Phi) is 2.84. The molecule has 18 heavy (non-hydrogen) atoms. The number of nitrogens with two attached hydrogens (primary N) is 1. The summed E-state index contributed by atoms with van der Waals surface area (Å²) in [4.78, 5) is 4.16. The lowest BCUT2D eigenvalue weighted by Crippen LogP contribution is -2.18. The Labute approximate surface area is 114 Å². The normalized spacial score (nSPS) is 16.3. The Morgan fingerprint density at radius 2 is 1.83 bits per heavy atom. The summed E-state index contributed by atoms with van der Waals surface area (Å²) in [5, 5.41) is 0. The first-order valence-electron chi connectivity index (χ1n) is 5.85. The summed E-state index contributed by atoms with van der Waals surface area (Å²) < 4.78 is 6.58. The zero-order valence-electron chi connectivity index (χ0n) is 9.77. The Hall–Kier alpha value is -1.39. The molecule has 0 unspecified atom stereocenters. The van der Waals surface area contributed by atoms with Gasteiger partial charge < -0.3 is 10.5 Å². The van der Waals surface area contributed by atoms with Crippen molar-refractivity contribution >= 4 is 15.9 Å². The third-order valence-electron chi connectivity index (χ3n) is 3.14. The van der Waals surface area contributed by atoms with Crippen molar-refractivity contribution in [3.8, 4) is 11.6 Å². The molecule has 0 aliphatic heterocycles. The predicted octanol–water partition coefficient (Wildman–Crippen LogP) is 3.58. The van der Waals surface area contributed by atoms with E-state index in [9.17, 15) is 0 Å². The molecule has 3 nitrogen and oxygen atoms in total. The summed E-state index contributed by atoms with van der Waals surface area (Å²) in [5.74, 6) is 1.36. The van der Waals surface area contributed by atoms with Crippen LogP contribution in [-0.4, -0.2) is 4.98 Å². The molecule has 4 heteroatoms. The van der Waals surface area contributed by atoms with Crippen molar-refractivity contribution in [2.24, 2.45) is 5.73 Å². The zero-order chi connectivity index (χ0) is 12.6. The second kappa shape index (κ2) is 4.37. The molecule has 1 fully saturated rings. The fourth-order valence-corrected chi connectivity index (χ4v) is 2.06. The molecule has 0 atom stereocenters. The van der Waals surface area contributed by atoms with E-state index >= 15 is 0 Å². The number of benzene rings is 1. The third-order valence-corrected chi connectivity index (χ3v) is 3.61. The van der Waals surface area contributed by atoms with Gasteiger partial charge in [0.25, 0.3) is 0 Å². The first-order valence-corrected chi connectivity index (χ1v) is 6.64. The summed E-state index contributed by atoms with van der Waals surface area (Å²) >= 11 is 3.34. The van der Waals surface area contributed by atoms with Gasteiger partial charge in [-0.25, -0.2) is 4.98 Å². The molecule has 0 radical (unpaired) electrons. The van der Waals surface area contributed by atoms with Crippen LogP contribution in [0.2, 0.25) is 0 Å². The van der Waals surface area contributed by atoms with Gasteiger partial charge in [-0.05, 0) is 52.5 Å². The summed E-state index contributed by atoms with van der Waals surface area (Å²) in [6.07, 6.45) is 3.85. The van der Waals surface area contributed by atoms with Crippen LogP contribution in [0.15, 0.2) is 47.1 Å². The van der Waals surface area contributed by atoms with Crippen molar-refractivity contribution in [3.05, 3.63) is 52.6 Å². The van der Waals surface area contributed by atoms with Crippen LogP contribution in [0.3, 0.4) is 0 Å². The summed E-state index contributed by atoms with van der Waals surface area (Å²) in [5.41, 5.74) is 7.22. The first kappa shape index (κ1) is 11.7. The summed E-state index contributed by atoms with van der Waals surface area (Å²) in [6, 6.07) is 11.7. The second-order valence-corrected chi connectivity index (χ2v) is 5.51. The average Bonchev–Trinajstić information content (AvgIpc) is 3.12. The predicted molar refractivity (Wildman–Crippen MR) is 73.6 cm³/mol. The molecule has 1 aromatic carbocycles. The van der Waals surface area contributed by atoms with Gasteiger partial charge in [0, 0.05) is 22.3 Å². The van der Waals surface area contributed by atoms with Crippen LogP contribution in [0, 0.1) is 0 Å². The maximum atomic E-state index is 6.13. The molecule has 0 amide bonds. The van der Waals surface area contributed by atoms with Gasteiger partial charge in [0.05, 0.1) is 0 Å². The smallest absolute Gasteiger partial charge is 0.219 e.